The van der Waals surface area contributed by atoms with E-state index < -0.39 is 0 Å². The number of hydroxylamine groups is 1. The minimum absolute atomic E-state index is 0. The highest BCUT2D eigenvalue weighted by Gasteiger charge is 1.93. The van der Waals surface area contributed by atoms with Crippen LogP contribution in [0, 0.1) is 0 Å². The van der Waals surface area contributed by atoms with Crippen molar-refractivity contribution >= 4 is 18.4 Å². The molecule has 0 amide bonds. The summed E-state index contributed by atoms with van der Waals surface area (Å²) >= 11 is 0. The molecule has 0 saturated carbocycles. The van der Waals surface area contributed by atoms with E-state index in [1.807, 2.05) is 12.1 Å². The smallest absolute Gasteiger partial charge is 0.212 e. The Morgan fingerprint density at radius 1 is 1.33 bits per heavy atom. The van der Waals surface area contributed by atoms with Crippen LogP contribution in [0.15, 0.2) is 29.3 Å². The lowest BCUT2D eigenvalue weighted by Crippen LogP contribution is -2.28. The third kappa shape index (κ3) is 5.09. The second kappa shape index (κ2) is 6.92. The van der Waals surface area contributed by atoms with Gasteiger partial charge >= 0.3 is 0 Å². The molecule has 0 saturated heterocycles. The maximum Gasteiger partial charge on any atom is 0.212 e. The van der Waals surface area contributed by atoms with Gasteiger partial charge in [0.05, 0.1) is 0 Å². The number of hydrogen-bond acceptors (Lipinski definition) is 3. The third-order valence-corrected chi connectivity index (χ3v) is 1.73. The van der Waals surface area contributed by atoms with Crippen LogP contribution in [0.2, 0.25) is 0 Å². The van der Waals surface area contributed by atoms with Crippen molar-refractivity contribution in [2.24, 2.45) is 10.7 Å². The molecule has 0 radical (unpaired) electrons. The minimum Gasteiger partial charge on any atom is -0.508 e. The van der Waals surface area contributed by atoms with Crippen molar-refractivity contribution in [1.29, 1.82) is 0 Å². The molecule has 0 heterocycles. The van der Waals surface area contributed by atoms with Gasteiger partial charge in [-0.25, -0.2) is 5.48 Å². The summed E-state index contributed by atoms with van der Waals surface area (Å²) in [4.78, 5) is 3.83. The number of nitrogens with one attached hydrogen (secondary N) is 1. The van der Waals surface area contributed by atoms with E-state index in [2.05, 4.69) is 4.99 Å². The molecule has 5 N–H and O–H groups in total. The van der Waals surface area contributed by atoms with Crippen molar-refractivity contribution in [3.05, 3.63) is 29.8 Å². The Labute approximate surface area is 94.0 Å². The van der Waals surface area contributed by atoms with E-state index in [9.17, 15) is 0 Å². The molecule has 5 nitrogen and oxygen atoms in total. The molecule has 0 fully saturated rings. The minimum atomic E-state index is 0. The van der Waals surface area contributed by atoms with Crippen LogP contribution in [0.25, 0.3) is 0 Å². The van der Waals surface area contributed by atoms with Crippen molar-refractivity contribution in [2.75, 3.05) is 6.54 Å². The predicted octanol–water partition coefficient (Wildman–Crippen LogP) is 0.650. The highest BCUT2D eigenvalue weighted by molar-refractivity contribution is 5.85. The maximum atomic E-state index is 9.02. The lowest BCUT2D eigenvalue weighted by molar-refractivity contribution is 0.232. The summed E-state index contributed by atoms with van der Waals surface area (Å²) < 4.78 is 0. The van der Waals surface area contributed by atoms with E-state index in [0.29, 0.717) is 13.0 Å². The summed E-state index contributed by atoms with van der Waals surface area (Å²) in [6.45, 7) is 0.490. The molecule has 0 aliphatic rings. The molecule has 15 heavy (non-hydrogen) atoms. The Morgan fingerprint density at radius 3 is 2.47 bits per heavy atom. The fraction of sp³-hybridized carbons (Fsp3) is 0.222. The summed E-state index contributed by atoms with van der Waals surface area (Å²) in [5.41, 5.74) is 8.01. The molecule has 1 rings (SSSR count). The first-order valence-corrected chi connectivity index (χ1v) is 4.20. The second-order valence-electron chi connectivity index (χ2n) is 2.80. The first-order chi connectivity index (χ1) is 6.72. The van der Waals surface area contributed by atoms with Crippen LogP contribution < -0.4 is 11.2 Å². The summed E-state index contributed by atoms with van der Waals surface area (Å²) in [5.74, 6) is 0.248. The van der Waals surface area contributed by atoms with Gasteiger partial charge in [0.2, 0.25) is 5.96 Å². The van der Waals surface area contributed by atoms with E-state index in [4.69, 9.17) is 16.0 Å². The maximum absolute atomic E-state index is 9.02. The lowest BCUT2D eigenvalue weighted by atomic mass is 10.1. The zero-order valence-electron chi connectivity index (χ0n) is 8.05. The topological polar surface area (TPSA) is 90.9 Å². The Balaban J connectivity index is 0.00000196. The molecular formula is C9H14ClN3O2. The fourth-order valence-electron chi connectivity index (χ4n) is 1.00. The summed E-state index contributed by atoms with van der Waals surface area (Å²) in [5, 5.41) is 17.3. The normalized spacial score (nSPS) is 10.6. The van der Waals surface area contributed by atoms with Gasteiger partial charge in [-0.15, -0.1) is 12.4 Å². The summed E-state index contributed by atoms with van der Waals surface area (Å²) in [7, 11) is 0. The molecule has 0 spiro atoms. The van der Waals surface area contributed by atoms with Crippen molar-refractivity contribution < 1.29 is 10.3 Å². The van der Waals surface area contributed by atoms with Crippen molar-refractivity contribution in [1.82, 2.24) is 5.48 Å². The highest BCUT2D eigenvalue weighted by Crippen LogP contribution is 2.09. The van der Waals surface area contributed by atoms with Crippen LogP contribution in [-0.4, -0.2) is 22.8 Å². The largest absolute Gasteiger partial charge is 0.508 e. The average Bonchev–Trinajstić information content (AvgIpc) is 2.21. The van der Waals surface area contributed by atoms with Crippen LogP contribution >= 0.6 is 12.4 Å². The molecule has 0 aliphatic carbocycles. The Morgan fingerprint density at radius 2 is 1.93 bits per heavy atom. The zero-order chi connectivity index (χ0) is 10.4. The molecule has 6 heteroatoms. The van der Waals surface area contributed by atoms with Gasteiger partial charge in [-0.3, -0.25) is 10.2 Å². The van der Waals surface area contributed by atoms with E-state index in [1.165, 1.54) is 0 Å². The second-order valence-corrected chi connectivity index (χ2v) is 2.80. The first-order valence-electron chi connectivity index (χ1n) is 4.20. The molecule has 84 valence electrons. The number of guanidine groups is 1. The van der Waals surface area contributed by atoms with Crippen LogP contribution in [0.1, 0.15) is 5.56 Å². The van der Waals surface area contributed by atoms with Gasteiger partial charge in [-0.05, 0) is 24.1 Å². The standard InChI is InChI=1S/C9H13N3O2.ClH/c10-9(12-14)11-6-5-7-1-3-8(13)4-2-7;/h1-4,13-14H,5-6H2,(H3,10,11,12);1H. The first kappa shape index (κ1) is 13.5. The Bertz CT molecular complexity index is 314. The molecule has 0 aliphatic heterocycles. The number of aromatic hydroxyl groups is 1. The number of phenolic OH excluding ortho intramolecular Hbond substituents is 1. The van der Waals surface area contributed by atoms with Crippen molar-refractivity contribution in [3.63, 3.8) is 0 Å². The van der Waals surface area contributed by atoms with Crippen LogP contribution in [0.3, 0.4) is 0 Å². The quantitative estimate of drug-likeness (QED) is 0.349. The number of halogens is 1. The SMILES string of the molecule is Cl.NC(=NCCc1ccc(O)cc1)NO. The molecule has 0 atom stereocenters. The van der Waals surface area contributed by atoms with Gasteiger partial charge in [-0.1, -0.05) is 12.1 Å². The van der Waals surface area contributed by atoms with Crippen molar-refractivity contribution in [2.45, 2.75) is 6.42 Å². The summed E-state index contributed by atoms with van der Waals surface area (Å²) in [6, 6.07) is 6.86. The number of aliphatic imine (C=N–C) groups is 1. The fourth-order valence-corrected chi connectivity index (χ4v) is 1.00. The van der Waals surface area contributed by atoms with Gasteiger partial charge < -0.3 is 10.8 Å². The van der Waals surface area contributed by atoms with Crippen molar-refractivity contribution in [3.8, 4) is 5.75 Å². The molecular weight excluding hydrogens is 218 g/mol. The average molecular weight is 232 g/mol. The van der Waals surface area contributed by atoms with E-state index in [-0.39, 0.29) is 24.1 Å². The third-order valence-electron chi connectivity index (χ3n) is 1.73. The summed E-state index contributed by atoms with van der Waals surface area (Å²) in [6.07, 6.45) is 0.711. The van der Waals surface area contributed by atoms with E-state index in [0.717, 1.165) is 5.56 Å². The van der Waals surface area contributed by atoms with Gasteiger partial charge in [-0.2, -0.15) is 0 Å². The number of phenols is 1. The molecule has 1 aromatic rings. The molecule has 0 aromatic heterocycles. The van der Waals surface area contributed by atoms with Crippen LogP contribution in [0.4, 0.5) is 0 Å². The molecule has 1 aromatic carbocycles. The number of nitrogens with zero attached hydrogens (tertiary/aromatic N) is 1. The molecule has 0 bridgehead atoms. The van der Waals surface area contributed by atoms with Gasteiger partial charge in [0.25, 0.3) is 0 Å². The van der Waals surface area contributed by atoms with E-state index >= 15 is 0 Å². The monoisotopic (exact) mass is 231 g/mol. The van der Waals surface area contributed by atoms with Gasteiger partial charge in [0, 0.05) is 6.54 Å². The predicted molar refractivity (Wildman–Crippen MR) is 60.5 cm³/mol. The van der Waals surface area contributed by atoms with Gasteiger partial charge in [0.15, 0.2) is 0 Å². The number of hydrogen-bond donors (Lipinski definition) is 4. The van der Waals surface area contributed by atoms with Crippen LogP contribution in [-0.2, 0) is 6.42 Å². The Hall–Kier alpha value is -1.46. The van der Waals surface area contributed by atoms with E-state index in [1.54, 1.807) is 17.6 Å². The highest BCUT2D eigenvalue weighted by atomic mass is 35.5. The molecule has 0 unspecified atom stereocenters. The number of rotatable bonds is 3. The zero-order valence-corrected chi connectivity index (χ0v) is 8.87. The number of nitrogens with two attached hydrogens (primary N) is 1. The van der Waals surface area contributed by atoms with Crippen LogP contribution in [0.5, 0.6) is 5.75 Å². The lowest BCUT2D eigenvalue weighted by Gasteiger charge is -1.99. The Kier molecular flexibility index (Phi) is 6.24. The van der Waals surface area contributed by atoms with Gasteiger partial charge in [0.1, 0.15) is 5.75 Å². The number of benzene rings is 1.